The van der Waals surface area contributed by atoms with Crippen LogP contribution in [-0.4, -0.2) is 29.6 Å². The number of esters is 1. The molecule has 1 spiro atoms. The van der Waals surface area contributed by atoms with Crippen LogP contribution in [0.1, 0.15) is 71.6 Å². The van der Waals surface area contributed by atoms with Gasteiger partial charge in [0, 0.05) is 16.9 Å². The minimum absolute atomic E-state index is 0.149. The number of Topliss-reactive ketones (excluding diaryl/α,β-unsaturated/α-hetero) is 1. The summed E-state index contributed by atoms with van der Waals surface area (Å²) in [6.45, 7) is 4.96. The van der Waals surface area contributed by atoms with E-state index in [2.05, 4.69) is 13.8 Å². The Labute approximate surface area is 161 Å². The molecule has 5 aliphatic rings. The first-order valence-corrected chi connectivity index (χ1v) is 10.9. The van der Waals surface area contributed by atoms with E-state index in [-0.39, 0.29) is 34.2 Å². The molecule has 0 aromatic heterocycles. The second-order valence-electron chi connectivity index (χ2n) is 10.6. The SMILES string of the molecule is CC12CCC3C(CCC1C1=CC(=O)OC1)(CCC1CC(O)CCC13C)C2=O. The number of hydrogen-bond donors (Lipinski definition) is 1. The molecule has 2 bridgehead atoms. The summed E-state index contributed by atoms with van der Waals surface area (Å²) in [5.74, 6) is 1.43. The molecular weight excluding hydrogens is 340 g/mol. The van der Waals surface area contributed by atoms with Crippen molar-refractivity contribution in [3.8, 4) is 0 Å². The van der Waals surface area contributed by atoms with E-state index < -0.39 is 0 Å². The highest BCUT2D eigenvalue weighted by Crippen LogP contribution is 2.70. The fraction of sp³-hybridized carbons (Fsp3) is 0.826. The zero-order valence-corrected chi connectivity index (χ0v) is 16.6. The third-order valence-electron chi connectivity index (χ3n) is 9.61. The molecule has 1 heterocycles. The lowest BCUT2D eigenvalue weighted by atomic mass is 9.37. The number of carbonyl (C=O) groups excluding carboxylic acids is 2. The van der Waals surface area contributed by atoms with E-state index in [0.29, 0.717) is 24.2 Å². The molecule has 1 aliphatic heterocycles. The molecule has 27 heavy (non-hydrogen) atoms. The van der Waals surface area contributed by atoms with E-state index in [0.717, 1.165) is 63.4 Å². The van der Waals surface area contributed by atoms with E-state index in [1.165, 1.54) is 0 Å². The lowest BCUT2D eigenvalue weighted by molar-refractivity contribution is -0.188. The van der Waals surface area contributed by atoms with Crippen molar-refractivity contribution in [1.29, 1.82) is 0 Å². The predicted molar refractivity (Wildman–Crippen MR) is 101 cm³/mol. The molecule has 4 aliphatic carbocycles. The van der Waals surface area contributed by atoms with Crippen molar-refractivity contribution in [2.75, 3.05) is 6.61 Å². The van der Waals surface area contributed by atoms with Crippen molar-refractivity contribution in [2.24, 2.45) is 34.0 Å². The highest BCUT2D eigenvalue weighted by molar-refractivity contribution is 5.93. The molecule has 5 rings (SSSR count). The molecule has 7 unspecified atom stereocenters. The number of aliphatic hydroxyl groups is 1. The van der Waals surface area contributed by atoms with E-state index in [9.17, 15) is 14.7 Å². The fourth-order valence-corrected chi connectivity index (χ4v) is 8.20. The Balaban J connectivity index is 1.50. The number of carbonyl (C=O) groups is 2. The van der Waals surface area contributed by atoms with Gasteiger partial charge in [0.05, 0.1) is 6.10 Å². The Morgan fingerprint density at radius 1 is 1.04 bits per heavy atom. The molecule has 4 fully saturated rings. The highest BCUT2D eigenvalue weighted by atomic mass is 16.5. The summed E-state index contributed by atoms with van der Waals surface area (Å²) in [4.78, 5) is 25.6. The minimum Gasteiger partial charge on any atom is -0.458 e. The number of fused-ring (bicyclic) bond motifs is 3. The summed E-state index contributed by atoms with van der Waals surface area (Å²) in [7, 11) is 0. The van der Waals surface area contributed by atoms with Gasteiger partial charge in [0.25, 0.3) is 0 Å². The Morgan fingerprint density at radius 3 is 2.56 bits per heavy atom. The zero-order valence-electron chi connectivity index (χ0n) is 16.6. The number of ketones is 1. The van der Waals surface area contributed by atoms with Gasteiger partial charge in [-0.1, -0.05) is 13.8 Å². The molecule has 0 saturated heterocycles. The van der Waals surface area contributed by atoms with Crippen LogP contribution in [0.25, 0.3) is 0 Å². The van der Waals surface area contributed by atoms with E-state index in [4.69, 9.17) is 4.74 Å². The van der Waals surface area contributed by atoms with Crippen molar-refractivity contribution in [2.45, 2.75) is 77.7 Å². The first-order valence-electron chi connectivity index (χ1n) is 10.9. The maximum absolute atomic E-state index is 14.0. The summed E-state index contributed by atoms with van der Waals surface area (Å²) >= 11 is 0. The smallest absolute Gasteiger partial charge is 0.331 e. The monoisotopic (exact) mass is 372 g/mol. The quantitative estimate of drug-likeness (QED) is 0.711. The van der Waals surface area contributed by atoms with Crippen LogP contribution in [0.5, 0.6) is 0 Å². The first kappa shape index (κ1) is 17.9. The average Bonchev–Trinajstić information content (AvgIpc) is 3.04. The third kappa shape index (κ3) is 2.25. The number of ether oxygens (including phenoxy) is 1. The summed E-state index contributed by atoms with van der Waals surface area (Å²) in [6, 6.07) is 0. The van der Waals surface area contributed by atoms with Gasteiger partial charge in [0.1, 0.15) is 12.4 Å². The number of cyclic esters (lactones) is 1. The normalized spacial score (nSPS) is 51.9. The maximum Gasteiger partial charge on any atom is 0.331 e. The van der Waals surface area contributed by atoms with Gasteiger partial charge in [-0.05, 0) is 86.5 Å². The molecular formula is C23H32O4. The standard InChI is InChI=1S/C23H32O4/c1-21-7-4-16(24)12-15(21)3-9-23-10-5-17(14-11-19(25)27-13-14)22(2,20(23)26)8-6-18(21)23/h11,15-18,24H,3-10,12-13H2,1-2H3. The molecule has 4 saturated carbocycles. The van der Waals surface area contributed by atoms with Gasteiger partial charge in [-0.2, -0.15) is 0 Å². The van der Waals surface area contributed by atoms with Gasteiger partial charge < -0.3 is 9.84 Å². The van der Waals surface area contributed by atoms with Gasteiger partial charge in [-0.15, -0.1) is 0 Å². The second kappa shape index (κ2) is 5.68. The highest BCUT2D eigenvalue weighted by Gasteiger charge is 2.67. The summed E-state index contributed by atoms with van der Waals surface area (Å²) in [5, 5.41) is 10.2. The number of rotatable bonds is 1. The second-order valence-corrected chi connectivity index (χ2v) is 10.6. The summed E-state index contributed by atoms with van der Waals surface area (Å²) in [6.07, 6.45) is 10.5. The number of aliphatic hydroxyl groups excluding tert-OH is 1. The molecule has 0 aromatic rings. The maximum atomic E-state index is 14.0. The topological polar surface area (TPSA) is 63.6 Å². The third-order valence-corrected chi connectivity index (χ3v) is 9.61. The van der Waals surface area contributed by atoms with Crippen molar-refractivity contribution >= 4 is 11.8 Å². The molecule has 0 aromatic carbocycles. The largest absolute Gasteiger partial charge is 0.458 e. The lowest BCUT2D eigenvalue weighted by Gasteiger charge is -2.66. The summed E-state index contributed by atoms with van der Waals surface area (Å²) < 4.78 is 5.17. The van der Waals surface area contributed by atoms with Gasteiger partial charge in [0.2, 0.25) is 0 Å². The lowest BCUT2D eigenvalue weighted by Crippen LogP contribution is -2.64. The van der Waals surface area contributed by atoms with Crippen LogP contribution in [0.3, 0.4) is 0 Å². The Morgan fingerprint density at radius 2 is 1.81 bits per heavy atom. The van der Waals surface area contributed by atoms with Crippen molar-refractivity contribution in [3.05, 3.63) is 11.6 Å². The Bertz CT molecular complexity index is 726. The van der Waals surface area contributed by atoms with Gasteiger partial charge in [0.15, 0.2) is 0 Å². The first-order chi connectivity index (χ1) is 12.8. The zero-order chi connectivity index (χ0) is 19.0. The van der Waals surface area contributed by atoms with Crippen LogP contribution in [0.4, 0.5) is 0 Å². The van der Waals surface area contributed by atoms with Crippen LogP contribution in [0, 0.1) is 34.0 Å². The fourth-order valence-electron chi connectivity index (χ4n) is 8.20. The van der Waals surface area contributed by atoms with Crippen LogP contribution in [-0.2, 0) is 14.3 Å². The molecule has 4 nitrogen and oxygen atoms in total. The Hall–Kier alpha value is -1.16. The van der Waals surface area contributed by atoms with Gasteiger partial charge >= 0.3 is 5.97 Å². The molecule has 0 amide bonds. The molecule has 0 radical (unpaired) electrons. The van der Waals surface area contributed by atoms with E-state index in [1.807, 2.05) is 0 Å². The molecule has 1 N–H and O–H groups in total. The van der Waals surface area contributed by atoms with Gasteiger partial charge in [-0.3, -0.25) is 4.79 Å². The van der Waals surface area contributed by atoms with Crippen molar-refractivity contribution in [1.82, 2.24) is 0 Å². The van der Waals surface area contributed by atoms with Gasteiger partial charge in [-0.25, -0.2) is 4.79 Å². The van der Waals surface area contributed by atoms with Crippen LogP contribution < -0.4 is 0 Å². The van der Waals surface area contributed by atoms with Crippen LogP contribution in [0.15, 0.2) is 11.6 Å². The van der Waals surface area contributed by atoms with E-state index in [1.54, 1.807) is 6.08 Å². The molecule has 148 valence electrons. The van der Waals surface area contributed by atoms with Crippen molar-refractivity contribution < 1.29 is 19.4 Å². The van der Waals surface area contributed by atoms with Crippen LogP contribution >= 0.6 is 0 Å². The summed E-state index contributed by atoms with van der Waals surface area (Å²) in [5.41, 5.74) is 0.741. The molecule has 7 atom stereocenters. The predicted octanol–water partition coefficient (Wildman–Crippen LogP) is 3.81. The van der Waals surface area contributed by atoms with Crippen LogP contribution in [0.2, 0.25) is 0 Å². The van der Waals surface area contributed by atoms with Crippen molar-refractivity contribution in [3.63, 3.8) is 0 Å². The van der Waals surface area contributed by atoms with E-state index >= 15 is 0 Å². The Kier molecular flexibility index (Phi) is 3.77. The minimum atomic E-state index is -0.341. The number of hydrogen-bond acceptors (Lipinski definition) is 4. The average molecular weight is 373 g/mol. The molecule has 4 heteroatoms.